The molecule has 5 atom stereocenters. The number of carbonyl (C=O) groups excluding carboxylic acids is 3. The van der Waals surface area contributed by atoms with Crippen LogP contribution >= 0.6 is 0 Å². The molecule has 348 valence electrons. The Morgan fingerprint density at radius 3 is 2.22 bits per heavy atom. The topological polar surface area (TPSA) is 147 Å². The molecule has 3 N–H and O–H groups in total. The zero-order chi connectivity index (χ0) is 47.3. The van der Waals surface area contributed by atoms with Crippen LogP contribution in [0.25, 0.3) is 39.0 Å². The minimum atomic E-state index is -0.740. The number of aliphatic hydroxyl groups excluding tert-OH is 1. The van der Waals surface area contributed by atoms with Crippen LogP contribution in [0.5, 0.6) is 0 Å². The Bertz CT molecular complexity index is 2720. The number of H-pyrrole nitrogens is 2. The van der Waals surface area contributed by atoms with E-state index in [-0.39, 0.29) is 48.1 Å². The summed E-state index contributed by atoms with van der Waals surface area (Å²) in [6, 6.07) is 5.92. The maximum atomic E-state index is 14.4. The van der Waals surface area contributed by atoms with Crippen LogP contribution in [0, 0.1) is 25.7 Å². The van der Waals surface area contributed by atoms with Crippen molar-refractivity contribution in [3.05, 3.63) is 97.5 Å². The van der Waals surface area contributed by atoms with Crippen molar-refractivity contribution < 1.29 is 29.0 Å². The summed E-state index contributed by atoms with van der Waals surface area (Å²) < 4.78 is 11.0. The van der Waals surface area contributed by atoms with E-state index in [1.807, 2.05) is 45.0 Å². The van der Waals surface area contributed by atoms with Gasteiger partial charge in [-0.15, -0.1) is 0 Å². The fourth-order valence-corrected chi connectivity index (χ4v) is 10.1. The lowest BCUT2D eigenvalue weighted by Crippen LogP contribution is -2.22. The Balaban J connectivity index is 1.27. The number of esters is 2. The number of aromatic nitrogens is 4. The van der Waals surface area contributed by atoms with Gasteiger partial charge >= 0.3 is 11.9 Å². The molecule has 2 aliphatic heterocycles. The predicted octanol–water partition coefficient (Wildman–Crippen LogP) is 11.9. The molecule has 0 saturated heterocycles. The summed E-state index contributed by atoms with van der Waals surface area (Å²) in [5.74, 6) is -0.443. The number of allylic oxidation sites excluding steroid dienone is 5. The van der Waals surface area contributed by atoms with Crippen LogP contribution in [-0.2, 0) is 19.1 Å². The largest absolute Gasteiger partial charge is 0.512 e. The monoisotopic (exact) mass is 885 g/mol. The van der Waals surface area contributed by atoms with Crippen LogP contribution in [-0.4, -0.2) is 56.5 Å². The molecule has 3 aromatic rings. The van der Waals surface area contributed by atoms with Gasteiger partial charge in [0.1, 0.15) is 12.2 Å². The third-order valence-electron chi connectivity index (χ3n) is 14.1. The molecule has 10 nitrogen and oxygen atoms in total. The minimum Gasteiger partial charge on any atom is -0.512 e. The molecule has 8 bridgehead atoms. The number of rotatable bonds is 17. The summed E-state index contributed by atoms with van der Waals surface area (Å²) in [5, 5.41) is 12.1. The minimum absolute atomic E-state index is 0.0333. The first-order chi connectivity index (χ1) is 30.9. The molecule has 3 aliphatic rings. The number of fused-ring (bicyclic) bond motifs is 8. The number of Topliss-reactive ketones (excluding diaryl/α,β-unsaturated/α-hetero) is 1. The highest BCUT2D eigenvalue weighted by atomic mass is 16.5. The van der Waals surface area contributed by atoms with Gasteiger partial charge in [0.15, 0.2) is 0 Å². The Morgan fingerprint density at radius 1 is 0.862 bits per heavy atom. The first-order valence-electron chi connectivity index (χ1n) is 23.9. The van der Waals surface area contributed by atoms with Crippen molar-refractivity contribution in [1.82, 2.24) is 19.9 Å². The fraction of sp³-hybridized carbons (Fsp3) is 0.509. The summed E-state index contributed by atoms with van der Waals surface area (Å²) >= 11 is 0. The van der Waals surface area contributed by atoms with Crippen molar-refractivity contribution >= 4 is 56.7 Å². The zero-order valence-corrected chi connectivity index (χ0v) is 41.0. The number of aromatic amines is 2. The lowest BCUT2D eigenvalue weighted by atomic mass is 9.86. The van der Waals surface area contributed by atoms with E-state index in [0.717, 1.165) is 52.3 Å². The smallest absolute Gasteiger partial charge is 0.342 e. The van der Waals surface area contributed by atoms with E-state index in [1.54, 1.807) is 6.92 Å². The van der Waals surface area contributed by atoms with Crippen molar-refractivity contribution in [3.63, 3.8) is 0 Å². The SMILES string of the molecule is C/C=C1/c2cc3[nH]c4c(c3C)C(=O)C(C(=O)OC)=c4c3nc(cc4[nH]c(cc(n2)[C@@H]1C)c(=C(C)O)c4C)[C@@H](C)[C@@H]3CCC(=O)OC/C=C(\C)CCC[C@H](C)CCC[C@H](C)CCC=C(C)C. The molecule has 0 amide bonds. The van der Waals surface area contributed by atoms with Crippen LogP contribution in [0.1, 0.15) is 189 Å². The molecule has 0 radical (unpaired) electrons. The van der Waals surface area contributed by atoms with E-state index < -0.39 is 11.8 Å². The lowest BCUT2D eigenvalue weighted by molar-refractivity contribution is -0.142. The Hall–Kier alpha value is -5.51. The van der Waals surface area contributed by atoms with E-state index in [4.69, 9.17) is 19.4 Å². The quantitative estimate of drug-likeness (QED) is 0.0897. The van der Waals surface area contributed by atoms with Gasteiger partial charge in [0.2, 0.25) is 5.78 Å². The second kappa shape index (κ2) is 21.2. The van der Waals surface area contributed by atoms with Gasteiger partial charge in [-0.1, -0.05) is 76.7 Å². The molecule has 0 saturated carbocycles. The summed E-state index contributed by atoms with van der Waals surface area (Å²) in [6.45, 7) is 23.0. The maximum absolute atomic E-state index is 14.4. The van der Waals surface area contributed by atoms with Gasteiger partial charge in [0.05, 0.1) is 46.5 Å². The van der Waals surface area contributed by atoms with Crippen LogP contribution in [0.4, 0.5) is 0 Å². The van der Waals surface area contributed by atoms with E-state index in [9.17, 15) is 19.5 Å². The number of aliphatic hydroxyl groups is 1. The highest BCUT2D eigenvalue weighted by molar-refractivity contribution is 6.48. The summed E-state index contributed by atoms with van der Waals surface area (Å²) in [7, 11) is 1.27. The molecular weight excluding hydrogens is 813 g/mol. The third kappa shape index (κ3) is 10.8. The summed E-state index contributed by atoms with van der Waals surface area (Å²) in [6.07, 6.45) is 16.5. The van der Waals surface area contributed by atoms with Gasteiger partial charge in [-0.2, -0.15) is 0 Å². The highest BCUT2D eigenvalue weighted by Crippen LogP contribution is 2.41. The van der Waals surface area contributed by atoms with Gasteiger partial charge in [0.25, 0.3) is 0 Å². The van der Waals surface area contributed by atoms with Gasteiger partial charge in [-0.25, -0.2) is 4.79 Å². The number of ketones is 1. The number of nitrogens with one attached hydrogen (secondary N) is 2. The number of carbonyl (C=O) groups is 3. The Morgan fingerprint density at radius 2 is 1.54 bits per heavy atom. The normalized spacial score (nSPS) is 19.1. The average molecular weight is 885 g/mol. The molecule has 3 aromatic heterocycles. The van der Waals surface area contributed by atoms with Crippen molar-refractivity contribution in [1.29, 1.82) is 0 Å². The van der Waals surface area contributed by atoms with Crippen LogP contribution in [0.2, 0.25) is 0 Å². The van der Waals surface area contributed by atoms with Crippen molar-refractivity contribution in [2.75, 3.05) is 13.7 Å². The average Bonchev–Trinajstić information content (AvgIpc) is 4.00. The van der Waals surface area contributed by atoms with E-state index in [2.05, 4.69) is 70.6 Å². The molecule has 0 aromatic carbocycles. The molecule has 0 unspecified atom stereocenters. The number of nitrogens with zero attached hydrogens (tertiary/aromatic N) is 2. The zero-order valence-electron chi connectivity index (χ0n) is 41.0. The predicted molar refractivity (Wildman–Crippen MR) is 263 cm³/mol. The highest BCUT2D eigenvalue weighted by Gasteiger charge is 2.38. The number of ether oxygens (including phenoxy) is 2. The van der Waals surface area contributed by atoms with Gasteiger partial charge in [-0.3, -0.25) is 19.6 Å². The molecule has 65 heavy (non-hydrogen) atoms. The molecule has 0 fully saturated rings. The van der Waals surface area contributed by atoms with Crippen LogP contribution in [0.15, 0.2) is 47.6 Å². The number of aryl methyl sites for hydroxylation is 2. The Kier molecular flexibility index (Phi) is 16.0. The number of hydrogen-bond acceptors (Lipinski definition) is 8. The molecule has 6 rings (SSSR count). The van der Waals surface area contributed by atoms with Gasteiger partial charge in [-0.05, 0) is 133 Å². The van der Waals surface area contributed by atoms with Crippen LogP contribution in [0.3, 0.4) is 0 Å². The van der Waals surface area contributed by atoms with E-state index in [1.165, 1.54) is 56.8 Å². The first-order valence-corrected chi connectivity index (χ1v) is 23.9. The second-order valence-corrected chi connectivity index (χ2v) is 19.3. The summed E-state index contributed by atoms with van der Waals surface area (Å²) in [5.41, 5.74) is 11.1. The first kappa shape index (κ1) is 48.9. The maximum Gasteiger partial charge on any atom is 0.342 e. The number of hydrogen-bond donors (Lipinski definition) is 3. The van der Waals surface area contributed by atoms with E-state index >= 15 is 0 Å². The van der Waals surface area contributed by atoms with Crippen LogP contribution < -0.4 is 10.4 Å². The third-order valence-corrected chi connectivity index (χ3v) is 14.1. The summed E-state index contributed by atoms with van der Waals surface area (Å²) in [4.78, 5) is 58.7. The van der Waals surface area contributed by atoms with Gasteiger partial charge < -0.3 is 24.5 Å². The lowest BCUT2D eigenvalue weighted by Gasteiger charge is -2.16. The standard InChI is InChI=1S/C55H72N4O6/c1-13-39-34(7)41-29-46-48(38(11)60)36(9)43(57-46)27-42-35(8)40(52(58-42)50-51(55(63)64-12)54(62)49-37(10)44(59-53(49)50)28-45(39)56-41)23-24-47(61)65-26-25-33(6)22-16-21-32(5)20-15-19-31(4)18-14-17-30(2)3/h13,17,25,27-29,31-32,34-35,40,57,59-60H,14-16,18-24,26H2,1-12H3/b33-25+,39-13+,42-27?,45-28?,46-29?,48-38?/t31-,32-,34-,35+,40+/m1/s1. The second-order valence-electron chi connectivity index (χ2n) is 19.3. The molecular formula is C55H72N4O6. The van der Waals surface area contributed by atoms with E-state index in [0.29, 0.717) is 56.3 Å². The fourth-order valence-electron chi connectivity index (χ4n) is 10.1. The van der Waals surface area contributed by atoms with Crippen molar-refractivity contribution in [2.24, 2.45) is 11.8 Å². The molecule has 10 heteroatoms. The molecule has 5 heterocycles. The van der Waals surface area contributed by atoms with Crippen molar-refractivity contribution in [3.8, 4) is 0 Å². The molecule has 0 spiro atoms. The molecule has 1 aliphatic carbocycles. The van der Waals surface area contributed by atoms with Gasteiger partial charge in [0, 0.05) is 51.3 Å². The van der Waals surface area contributed by atoms with Crippen molar-refractivity contribution in [2.45, 2.75) is 158 Å². The number of methoxy groups -OCH3 is 1. The Labute approximate surface area is 385 Å².